The Morgan fingerprint density at radius 2 is 2.00 bits per heavy atom. The fraction of sp³-hybridized carbons (Fsp3) is 0.476. The molecule has 0 aliphatic rings. The normalized spacial score (nSPS) is 11.8. The summed E-state index contributed by atoms with van der Waals surface area (Å²) < 4.78 is 0. The predicted molar refractivity (Wildman–Crippen MR) is 115 cm³/mol. The molecule has 0 radical (unpaired) electrons. The van der Waals surface area contributed by atoms with Gasteiger partial charge in [0.05, 0.1) is 17.0 Å². The lowest BCUT2D eigenvalue weighted by Crippen LogP contribution is -2.40. The molecule has 1 heterocycles. The number of thiazole rings is 1. The van der Waals surface area contributed by atoms with Crippen molar-refractivity contribution in [1.29, 1.82) is 0 Å². The molecule has 0 atom stereocenters. The van der Waals surface area contributed by atoms with E-state index < -0.39 is 0 Å². The van der Waals surface area contributed by atoms with Gasteiger partial charge in [0.2, 0.25) is 0 Å². The van der Waals surface area contributed by atoms with Crippen LogP contribution in [0.25, 0.3) is 0 Å². The smallest absolute Gasteiger partial charge is 0.271 e. The number of nitrogens with zero attached hydrogens (tertiary/aromatic N) is 3. The number of rotatable bonds is 6. The fourth-order valence-electron chi connectivity index (χ4n) is 2.50. The Bertz CT molecular complexity index is 833. The molecule has 1 aromatic carbocycles. The molecule has 2 aromatic rings. The van der Waals surface area contributed by atoms with E-state index >= 15 is 0 Å². The average Bonchev–Trinajstić information content (AvgIpc) is 3.03. The molecule has 0 saturated carbocycles. The Morgan fingerprint density at radius 1 is 1.30 bits per heavy atom. The first-order chi connectivity index (χ1) is 12.6. The summed E-state index contributed by atoms with van der Waals surface area (Å²) in [5.41, 5.74) is 4.74. The SMILES string of the molecule is CCN(C)C=Nc1cc(C)c(Cc2nc(C(=O)NC(C)(C)C)cs2)cc1C. The van der Waals surface area contributed by atoms with Crippen molar-refractivity contribution in [2.24, 2.45) is 4.99 Å². The van der Waals surface area contributed by atoms with Crippen molar-refractivity contribution in [3.05, 3.63) is 44.9 Å². The highest BCUT2D eigenvalue weighted by molar-refractivity contribution is 7.09. The van der Waals surface area contributed by atoms with Gasteiger partial charge in [-0.3, -0.25) is 4.79 Å². The zero-order valence-corrected chi connectivity index (χ0v) is 18.2. The van der Waals surface area contributed by atoms with Gasteiger partial charge in [-0.15, -0.1) is 11.3 Å². The largest absolute Gasteiger partial charge is 0.366 e. The van der Waals surface area contributed by atoms with Crippen LogP contribution < -0.4 is 5.32 Å². The van der Waals surface area contributed by atoms with Gasteiger partial charge in [-0.05, 0) is 64.3 Å². The quantitative estimate of drug-likeness (QED) is 0.588. The van der Waals surface area contributed by atoms with Gasteiger partial charge in [-0.1, -0.05) is 6.07 Å². The number of aromatic nitrogens is 1. The lowest BCUT2D eigenvalue weighted by Gasteiger charge is -2.19. The topological polar surface area (TPSA) is 57.6 Å². The van der Waals surface area contributed by atoms with Gasteiger partial charge in [0.15, 0.2) is 0 Å². The number of aryl methyl sites for hydroxylation is 2. The molecule has 6 heteroatoms. The number of aliphatic imine (C=N–C) groups is 1. The Labute approximate surface area is 166 Å². The van der Waals surface area contributed by atoms with E-state index in [-0.39, 0.29) is 11.4 Å². The molecular formula is C21H30N4OS. The minimum Gasteiger partial charge on any atom is -0.366 e. The summed E-state index contributed by atoms with van der Waals surface area (Å²) in [6.45, 7) is 13.1. The number of carbonyl (C=O) groups is 1. The first-order valence-corrected chi connectivity index (χ1v) is 10.1. The van der Waals surface area contributed by atoms with E-state index in [2.05, 4.69) is 48.2 Å². The molecule has 27 heavy (non-hydrogen) atoms. The average molecular weight is 387 g/mol. The second-order valence-electron chi connectivity index (χ2n) is 7.89. The van der Waals surface area contributed by atoms with Crippen LogP contribution in [-0.2, 0) is 6.42 Å². The third-order valence-corrected chi connectivity index (χ3v) is 5.01. The summed E-state index contributed by atoms with van der Waals surface area (Å²) in [5, 5.41) is 5.73. The van der Waals surface area contributed by atoms with Crippen molar-refractivity contribution < 1.29 is 4.79 Å². The van der Waals surface area contributed by atoms with Gasteiger partial charge < -0.3 is 10.2 Å². The number of carbonyl (C=O) groups excluding carboxylic acids is 1. The summed E-state index contributed by atoms with van der Waals surface area (Å²) in [5.74, 6) is -0.123. The minimum atomic E-state index is -0.267. The van der Waals surface area contributed by atoms with Crippen LogP contribution in [0.5, 0.6) is 0 Å². The monoisotopic (exact) mass is 386 g/mol. The van der Waals surface area contributed by atoms with E-state index in [4.69, 9.17) is 0 Å². The van der Waals surface area contributed by atoms with Crippen LogP contribution in [-0.4, -0.2) is 41.3 Å². The van der Waals surface area contributed by atoms with Crippen LogP contribution in [0, 0.1) is 13.8 Å². The van der Waals surface area contributed by atoms with Gasteiger partial charge in [-0.25, -0.2) is 9.98 Å². The summed E-state index contributed by atoms with van der Waals surface area (Å²) in [7, 11) is 2.01. The van der Waals surface area contributed by atoms with Crippen molar-refractivity contribution in [1.82, 2.24) is 15.2 Å². The number of hydrogen-bond donors (Lipinski definition) is 1. The van der Waals surface area contributed by atoms with Crippen molar-refractivity contribution in [2.45, 2.75) is 53.5 Å². The van der Waals surface area contributed by atoms with Crippen LogP contribution >= 0.6 is 11.3 Å². The van der Waals surface area contributed by atoms with Gasteiger partial charge in [0, 0.05) is 30.9 Å². The van der Waals surface area contributed by atoms with Crippen molar-refractivity contribution in [3.63, 3.8) is 0 Å². The lowest BCUT2D eigenvalue weighted by atomic mass is 10.0. The summed E-state index contributed by atoms with van der Waals surface area (Å²) in [6.07, 6.45) is 2.58. The molecule has 1 aromatic heterocycles. The molecule has 146 valence electrons. The molecule has 0 saturated heterocycles. The molecule has 1 N–H and O–H groups in total. The Morgan fingerprint density at radius 3 is 2.63 bits per heavy atom. The van der Waals surface area contributed by atoms with Crippen LogP contribution in [0.1, 0.15) is 59.9 Å². The first kappa shape index (κ1) is 21.1. The Balaban J connectivity index is 2.15. The molecule has 0 unspecified atom stereocenters. The maximum Gasteiger partial charge on any atom is 0.271 e. The van der Waals surface area contributed by atoms with Crippen molar-refractivity contribution >= 4 is 29.3 Å². The second-order valence-corrected chi connectivity index (χ2v) is 8.83. The van der Waals surface area contributed by atoms with E-state index in [1.165, 1.54) is 22.5 Å². The van der Waals surface area contributed by atoms with E-state index in [9.17, 15) is 4.79 Å². The van der Waals surface area contributed by atoms with Gasteiger partial charge in [-0.2, -0.15) is 0 Å². The predicted octanol–water partition coefficient (Wildman–Crippen LogP) is 4.49. The Kier molecular flexibility index (Phi) is 6.76. The summed E-state index contributed by atoms with van der Waals surface area (Å²) >= 11 is 1.53. The maximum absolute atomic E-state index is 12.3. The molecule has 0 fully saturated rings. The second kappa shape index (κ2) is 8.65. The molecule has 5 nitrogen and oxygen atoms in total. The standard InChI is InChI=1S/C21H30N4OS/c1-8-25(7)13-22-17-10-14(2)16(9-15(17)3)11-19-23-18(12-27-19)20(26)24-21(4,5)6/h9-10,12-13H,8,11H2,1-7H3,(H,24,26). The van der Waals surface area contributed by atoms with E-state index in [1.807, 2.05) is 44.4 Å². The van der Waals surface area contributed by atoms with Gasteiger partial charge >= 0.3 is 0 Å². The lowest BCUT2D eigenvalue weighted by molar-refractivity contribution is 0.0915. The molecule has 0 aliphatic heterocycles. The highest BCUT2D eigenvalue weighted by Gasteiger charge is 2.18. The highest BCUT2D eigenvalue weighted by Crippen LogP contribution is 2.26. The fourth-order valence-corrected chi connectivity index (χ4v) is 3.29. The van der Waals surface area contributed by atoms with E-state index in [1.54, 1.807) is 0 Å². The van der Waals surface area contributed by atoms with Crippen LogP contribution in [0.4, 0.5) is 5.69 Å². The van der Waals surface area contributed by atoms with Crippen molar-refractivity contribution in [2.75, 3.05) is 13.6 Å². The molecule has 2 rings (SSSR count). The molecule has 0 spiro atoms. The van der Waals surface area contributed by atoms with E-state index in [0.717, 1.165) is 29.2 Å². The minimum absolute atomic E-state index is 0.123. The third kappa shape index (κ3) is 6.17. The number of amides is 1. The first-order valence-electron chi connectivity index (χ1n) is 9.20. The summed E-state index contributed by atoms with van der Waals surface area (Å²) in [4.78, 5) is 23.4. The molecular weight excluding hydrogens is 356 g/mol. The van der Waals surface area contributed by atoms with Crippen LogP contribution in [0.3, 0.4) is 0 Å². The van der Waals surface area contributed by atoms with Crippen LogP contribution in [0.2, 0.25) is 0 Å². The maximum atomic E-state index is 12.3. The Hall–Kier alpha value is -2.21. The highest BCUT2D eigenvalue weighted by atomic mass is 32.1. The number of hydrogen-bond acceptors (Lipinski definition) is 4. The van der Waals surface area contributed by atoms with Crippen molar-refractivity contribution in [3.8, 4) is 0 Å². The summed E-state index contributed by atoms with van der Waals surface area (Å²) in [6, 6.07) is 4.29. The van der Waals surface area contributed by atoms with Gasteiger partial charge in [0.25, 0.3) is 5.91 Å². The molecule has 0 bridgehead atoms. The number of benzene rings is 1. The third-order valence-electron chi connectivity index (χ3n) is 4.16. The molecule has 0 aliphatic carbocycles. The van der Waals surface area contributed by atoms with Crippen LogP contribution in [0.15, 0.2) is 22.5 Å². The number of nitrogens with one attached hydrogen (secondary N) is 1. The zero-order valence-electron chi connectivity index (χ0n) is 17.4. The van der Waals surface area contributed by atoms with E-state index in [0.29, 0.717) is 5.69 Å². The molecule has 1 amide bonds. The zero-order chi connectivity index (χ0) is 20.2. The van der Waals surface area contributed by atoms with Gasteiger partial charge in [0.1, 0.15) is 5.69 Å².